The van der Waals surface area contributed by atoms with Crippen LogP contribution in [0.25, 0.3) is 0 Å². The van der Waals surface area contributed by atoms with Crippen LogP contribution in [-0.2, 0) is 16.0 Å². The molecule has 0 radical (unpaired) electrons. The van der Waals surface area contributed by atoms with Crippen LogP contribution >= 0.6 is 11.6 Å². The summed E-state index contributed by atoms with van der Waals surface area (Å²) in [7, 11) is 0. The average Bonchev–Trinajstić information content (AvgIpc) is 2.21. The summed E-state index contributed by atoms with van der Waals surface area (Å²) in [5, 5.41) is -0.132. The molecule has 0 bridgehead atoms. The van der Waals surface area contributed by atoms with E-state index in [-0.39, 0.29) is 23.7 Å². The monoisotopic (exact) mass is 265 g/mol. The Labute approximate surface area is 101 Å². The molecule has 0 atom stereocenters. The molecule has 94 valence electrons. The SMILES string of the molecule is CCOC(=O)Cc1cc(C(F)F)c(=O)[nH]c1Cl. The zero-order chi connectivity index (χ0) is 13.0. The van der Waals surface area contributed by atoms with Crippen LogP contribution in [0.15, 0.2) is 10.9 Å². The fourth-order valence-electron chi connectivity index (χ4n) is 1.23. The quantitative estimate of drug-likeness (QED) is 0.670. The van der Waals surface area contributed by atoms with Crippen molar-refractivity contribution in [1.29, 1.82) is 0 Å². The van der Waals surface area contributed by atoms with Crippen molar-refractivity contribution in [3.05, 3.63) is 32.7 Å². The molecule has 4 nitrogen and oxygen atoms in total. The van der Waals surface area contributed by atoms with Gasteiger partial charge in [0.1, 0.15) is 5.15 Å². The van der Waals surface area contributed by atoms with E-state index >= 15 is 0 Å². The molecule has 0 fully saturated rings. The van der Waals surface area contributed by atoms with Crippen LogP contribution in [0.2, 0.25) is 5.15 Å². The number of aromatic amines is 1. The molecule has 1 N–H and O–H groups in total. The van der Waals surface area contributed by atoms with Crippen LogP contribution in [0.3, 0.4) is 0 Å². The van der Waals surface area contributed by atoms with Gasteiger partial charge in [-0.15, -0.1) is 0 Å². The zero-order valence-corrected chi connectivity index (χ0v) is 9.68. The molecule has 17 heavy (non-hydrogen) atoms. The maximum Gasteiger partial charge on any atom is 0.310 e. The van der Waals surface area contributed by atoms with E-state index in [1.807, 2.05) is 0 Å². The maximum absolute atomic E-state index is 12.4. The van der Waals surface area contributed by atoms with Crippen molar-refractivity contribution in [2.24, 2.45) is 0 Å². The topological polar surface area (TPSA) is 59.2 Å². The number of nitrogens with one attached hydrogen (secondary N) is 1. The predicted octanol–water partition coefficient (Wildman–Crippen LogP) is 2.07. The molecule has 0 aliphatic heterocycles. The van der Waals surface area contributed by atoms with Gasteiger partial charge in [0.15, 0.2) is 0 Å². The van der Waals surface area contributed by atoms with Crippen molar-refractivity contribution in [2.75, 3.05) is 6.61 Å². The van der Waals surface area contributed by atoms with Gasteiger partial charge in [-0.2, -0.15) is 0 Å². The molecule has 1 aromatic heterocycles. The molecule has 7 heteroatoms. The van der Waals surface area contributed by atoms with Crippen LogP contribution in [0.4, 0.5) is 8.78 Å². The predicted molar refractivity (Wildman–Crippen MR) is 57.4 cm³/mol. The Balaban J connectivity index is 3.04. The number of aromatic nitrogens is 1. The second kappa shape index (κ2) is 5.77. The molecule has 0 spiro atoms. The van der Waals surface area contributed by atoms with Gasteiger partial charge in [0, 0.05) is 0 Å². The van der Waals surface area contributed by atoms with Gasteiger partial charge in [-0.1, -0.05) is 11.6 Å². The lowest BCUT2D eigenvalue weighted by Crippen LogP contribution is -2.16. The van der Waals surface area contributed by atoms with E-state index in [4.69, 9.17) is 11.6 Å². The van der Waals surface area contributed by atoms with E-state index in [1.54, 1.807) is 6.92 Å². The molecule has 0 aromatic carbocycles. The largest absolute Gasteiger partial charge is 0.466 e. The third-order valence-electron chi connectivity index (χ3n) is 1.97. The minimum absolute atomic E-state index is 0.111. The number of hydrogen-bond donors (Lipinski definition) is 1. The van der Waals surface area contributed by atoms with Crippen molar-refractivity contribution in [2.45, 2.75) is 19.8 Å². The molecule has 1 heterocycles. The Morgan fingerprint density at radius 2 is 2.24 bits per heavy atom. The van der Waals surface area contributed by atoms with Crippen molar-refractivity contribution in [3.8, 4) is 0 Å². The van der Waals surface area contributed by atoms with Gasteiger partial charge in [-0.3, -0.25) is 9.59 Å². The molecule has 0 unspecified atom stereocenters. The number of esters is 1. The van der Waals surface area contributed by atoms with Gasteiger partial charge in [0.2, 0.25) is 0 Å². The number of ether oxygens (including phenoxy) is 1. The lowest BCUT2D eigenvalue weighted by molar-refractivity contribution is -0.142. The highest BCUT2D eigenvalue weighted by atomic mass is 35.5. The summed E-state index contributed by atoms with van der Waals surface area (Å²) in [6.07, 6.45) is -3.18. The minimum Gasteiger partial charge on any atom is -0.466 e. The number of rotatable bonds is 4. The van der Waals surface area contributed by atoms with E-state index in [9.17, 15) is 18.4 Å². The maximum atomic E-state index is 12.4. The fraction of sp³-hybridized carbons (Fsp3) is 0.400. The summed E-state index contributed by atoms with van der Waals surface area (Å²) in [4.78, 5) is 24.3. The lowest BCUT2D eigenvalue weighted by Gasteiger charge is -2.06. The fourth-order valence-corrected chi connectivity index (χ4v) is 1.43. The summed E-state index contributed by atoms with van der Waals surface area (Å²) in [5.41, 5.74) is -1.56. The molecule has 0 amide bonds. The highest BCUT2D eigenvalue weighted by Crippen LogP contribution is 2.19. The molecule has 1 rings (SSSR count). The van der Waals surface area contributed by atoms with E-state index in [0.29, 0.717) is 0 Å². The highest BCUT2D eigenvalue weighted by molar-refractivity contribution is 6.30. The van der Waals surface area contributed by atoms with Crippen molar-refractivity contribution in [1.82, 2.24) is 4.98 Å². The number of hydrogen-bond acceptors (Lipinski definition) is 3. The van der Waals surface area contributed by atoms with Crippen LogP contribution in [0, 0.1) is 0 Å². The Morgan fingerprint density at radius 3 is 2.76 bits per heavy atom. The number of halogens is 3. The Morgan fingerprint density at radius 1 is 1.59 bits per heavy atom. The first-order valence-electron chi connectivity index (χ1n) is 4.81. The molecule has 1 aromatic rings. The average molecular weight is 266 g/mol. The Bertz CT molecular complexity index is 473. The van der Waals surface area contributed by atoms with Gasteiger partial charge in [-0.05, 0) is 18.6 Å². The van der Waals surface area contributed by atoms with E-state index in [1.165, 1.54) is 0 Å². The molecular weight excluding hydrogens is 256 g/mol. The van der Waals surface area contributed by atoms with Gasteiger partial charge in [0.05, 0.1) is 18.6 Å². The van der Waals surface area contributed by atoms with Gasteiger partial charge >= 0.3 is 5.97 Å². The number of H-pyrrole nitrogens is 1. The van der Waals surface area contributed by atoms with Gasteiger partial charge < -0.3 is 9.72 Å². The smallest absolute Gasteiger partial charge is 0.310 e. The number of alkyl halides is 2. The normalized spacial score (nSPS) is 10.6. The second-order valence-corrected chi connectivity index (χ2v) is 3.55. The first-order chi connectivity index (χ1) is 7.95. The summed E-state index contributed by atoms with van der Waals surface area (Å²) in [5.74, 6) is -0.596. The summed E-state index contributed by atoms with van der Waals surface area (Å²) in [6, 6.07) is 0.919. The Hall–Kier alpha value is -1.43. The van der Waals surface area contributed by atoms with Crippen LogP contribution in [0.5, 0.6) is 0 Å². The van der Waals surface area contributed by atoms with Crippen molar-refractivity contribution in [3.63, 3.8) is 0 Å². The van der Waals surface area contributed by atoms with Crippen molar-refractivity contribution < 1.29 is 18.3 Å². The number of carbonyl (C=O) groups excluding carboxylic acids is 1. The number of carbonyl (C=O) groups is 1. The lowest BCUT2D eigenvalue weighted by atomic mass is 10.1. The minimum atomic E-state index is -2.92. The first-order valence-corrected chi connectivity index (χ1v) is 5.18. The molecule has 0 aliphatic carbocycles. The summed E-state index contributed by atoms with van der Waals surface area (Å²) < 4.78 is 29.5. The van der Waals surface area contributed by atoms with Crippen LogP contribution in [0.1, 0.15) is 24.5 Å². The highest BCUT2D eigenvalue weighted by Gasteiger charge is 2.17. The van der Waals surface area contributed by atoms with Crippen molar-refractivity contribution >= 4 is 17.6 Å². The molecule has 0 aliphatic rings. The first kappa shape index (κ1) is 13.6. The third-order valence-corrected chi connectivity index (χ3v) is 2.31. The second-order valence-electron chi connectivity index (χ2n) is 3.18. The molecule has 0 saturated heterocycles. The van der Waals surface area contributed by atoms with E-state index in [2.05, 4.69) is 9.72 Å². The van der Waals surface area contributed by atoms with E-state index < -0.39 is 23.5 Å². The zero-order valence-electron chi connectivity index (χ0n) is 8.93. The van der Waals surface area contributed by atoms with Gasteiger partial charge in [-0.25, -0.2) is 8.78 Å². The summed E-state index contributed by atoms with van der Waals surface area (Å²) >= 11 is 5.64. The summed E-state index contributed by atoms with van der Waals surface area (Å²) in [6.45, 7) is 1.80. The number of pyridine rings is 1. The van der Waals surface area contributed by atoms with Crippen LogP contribution < -0.4 is 5.56 Å². The Kier molecular flexibility index (Phi) is 4.62. The van der Waals surface area contributed by atoms with E-state index in [0.717, 1.165) is 6.07 Å². The standard InChI is InChI=1S/C10H10ClF2NO3/c1-2-17-7(15)4-5-3-6(9(12)13)10(16)14-8(5)11/h3,9H,2,4H2,1H3,(H,14,16). The molecular formula is C10H10ClF2NO3. The third kappa shape index (κ3) is 3.52. The van der Waals surface area contributed by atoms with Gasteiger partial charge in [0.25, 0.3) is 12.0 Å². The molecule has 0 saturated carbocycles. The van der Waals surface area contributed by atoms with Crippen LogP contribution in [-0.4, -0.2) is 17.6 Å².